The molecule has 199 valence electrons. The maximum absolute atomic E-state index is 11.5. The van der Waals surface area contributed by atoms with Gasteiger partial charge in [0, 0.05) is 17.1 Å². The fourth-order valence-corrected chi connectivity index (χ4v) is 3.74. The van der Waals surface area contributed by atoms with Crippen LogP contribution in [0.15, 0.2) is 90.9 Å². The summed E-state index contributed by atoms with van der Waals surface area (Å²) in [7, 11) is -9.38. The predicted molar refractivity (Wildman–Crippen MR) is 123 cm³/mol. The molecule has 0 spiro atoms. The summed E-state index contributed by atoms with van der Waals surface area (Å²) in [5.74, 6) is -2.11. The molecular weight excluding hydrogens is 651 g/mol. The van der Waals surface area contributed by atoms with Crippen molar-refractivity contribution in [2.45, 2.75) is 9.79 Å². The third kappa shape index (κ3) is 11.1. The molecule has 6 N–H and O–H groups in total. The number of phenols is 1. The monoisotopic (exact) mass is 666 g/mol. The molecule has 0 amide bonds. The number of carboxylic acid groups (broad SMARTS) is 1. The molecule has 0 saturated heterocycles. The van der Waals surface area contributed by atoms with Gasteiger partial charge in [-0.1, -0.05) is 6.07 Å². The molecule has 0 heterocycles. The number of phenolic OH excluding ortho intramolecular Hbond substituents is 1. The number of aromatic hydroxyl groups is 1. The zero-order chi connectivity index (χ0) is 26.7. The second kappa shape index (κ2) is 17.3. The van der Waals surface area contributed by atoms with Gasteiger partial charge in [-0.2, -0.15) is 49.4 Å². The van der Waals surface area contributed by atoms with Crippen molar-refractivity contribution in [3.05, 3.63) is 78.0 Å². The van der Waals surface area contributed by atoms with E-state index >= 15 is 0 Å². The number of carbonyl (C=O) groups is 1. The van der Waals surface area contributed by atoms with E-state index in [-0.39, 0.29) is 117 Å². The molecule has 0 aromatic heterocycles. The van der Waals surface area contributed by atoms with Crippen LogP contribution in [0.1, 0.15) is 15.9 Å². The van der Waals surface area contributed by atoms with E-state index in [1.807, 2.05) is 0 Å². The molecule has 40 heavy (non-hydrogen) atoms. The minimum atomic E-state index is -4.70. The van der Waals surface area contributed by atoms with Crippen molar-refractivity contribution in [2.24, 2.45) is 20.5 Å². The molecule has 0 saturated carbocycles. The van der Waals surface area contributed by atoms with E-state index in [0.29, 0.717) is 0 Å². The molecule has 20 heteroatoms. The van der Waals surface area contributed by atoms with Crippen molar-refractivity contribution >= 4 is 43.3 Å². The van der Waals surface area contributed by atoms with Gasteiger partial charge in [-0.25, -0.2) is 4.79 Å². The number of azo groups is 2. The Morgan fingerprint density at radius 1 is 0.775 bits per heavy atom. The van der Waals surface area contributed by atoms with Gasteiger partial charge >= 0.3 is 94.6 Å². The van der Waals surface area contributed by atoms with Gasteiger partial charge in [-0.05, 0) is 30.3 Å². The molecule has 3 aromatic carbocycles. The van der Waals surface area contributed by atoms with Crippen LogP contribution < -0.4 is 94.4 Å². The van der Waals surface area contributed by atoms with Crippen LogP contribution in [0, 0.1) is 6.17 Å². The summed E-state index contributed by atoms with van der Waals surface area (Å²) < 4.78 is 64.3. The van der Waals surface area contributed by atoms with Gasteiger partial charge in [0.15, 0.2) is 5.75 Å². The summed E-state index contributed by atoms with van der Waals surface area (Å²) in [5.41, 5.74) is 4.09. The molecule has 1 radical (unpaired) electrons. The Morgan fingerprint density at radius 3 is 1.77 bits per heavy atom. The third-order valence-corrected chi connectivity index (χ3v) is 6.11. The van der Waals surface area contributed by atoms with Gasteiger partial charge < -0.3 is 15.9 Å². The van der Waals surface area contributed by atoms with Crippen LogP contribution in [0.2, 0.25) is 0 Å². The third-order valence-electron chi connectivity index (χ3n) is 4.43. The molecule has 0 unspecified atom stereocenters. The number of aromatic carboxylic acids is 1. The summed E-state index contributed by atoms with van der Waals surface area (Å²) in [5, 5.41) is 34.6. The Labute approximate surface area is 305 Å². The predicted octanol–water partition coefficient (Wildman–Crippen LogP) is -5.42. The number of carboxylic acids is 1. The van der Waals surface area contributed by atoms with E-state index in [0.717, 1.165) is 30.3 Å². The maximum Gasteiger partial charge on any atom is 1.00 e. The van der Waals surface area contributed by atoms with Crippen LogP contribution in [-0.2, 0) is 37.3 Å². The maximum atomic E-state index is 11.5. The first-order chi connectivity index (χ1) is 16.8. The number of hydrogen-bond acceptors (Lipinski definition) is 11. The van der Waals surface area contributed by atoms with Gasteiger partial charge in [0.05, 0.1) is 27.2 Å². The van der Waals surface area contributed by atoms with Crippen LogP contribution in [0.3, 0.4) is 0 Å². The SMILES string of the molecule is Nc1cc(S(=O)(=O)O)cc(N=N[C-](N=Nc2cc(S(=O)(=O)O)ccc2C(=O)O)c2ccccc2)c1O.[Cu].[Na+].[Na+].[Na+]. The second-order valence-electron chi connectivity index (χ2n) is 6.90. The van der Waals surface area contributed by atoms with Crippen LogP contribution in [0.25, 0.3) is 0 Å². The number of nitrogens with two attached hydrogens (primary N) is 1. The van der Waals surface area contributed by atoms with Crippen molar-refractivity contribution in [1.29, 1.82) is 0 Å². The van der Waals surface area contributed by atoms with Crippen molar-refractivity contribution in [3.63, 3.8) is 0 Å². The summed E-state index contributed by atoms with van der Waals surface area (Å²) >= 11 is 0. The fourth-order valence-electron chi connectivity index (χ4n) is 2.70. The molecular formula is C20H16CuN5Na3O9S2+2. The van der Waals surface area contributed by atoms with Crippen LogP contribution in [-0.4, -0.2) is 42.1 Å². The van der Waals surface area contributed by atoms with Crippen molar-refractivity contribution in [2.75, 3.05) is 5.73 Å². The molecule has 0 aliphatic rings. The summed E-state index contributed by atoms with van der Waals surface area (Å²) in [6.45, 7) is 0. The number of anilines is 1. The Bertz CT molecular complexity index is 1610. The first-order valence-corrected chi connectivity index (χ1v) is 12.4. The summed E-state index contributed by atoms with van der Waals surface area (Å²) in [4.78, 5) is 10.2. The quantitative estimate of drug-likeness (QED) is 0.0382. The average molecular weight is 667 g/mol. The van der Waals surface area contributed by atoms with Crippen molar-refractivity contribution in [3.8, 4) is 5.75 Å². The van der Waals surface area contributed by atoms with E-state index in [1.54, 1.807) is 18.2 Å². The second-order valence-corrected chi connectivity index (χ2v) is 9.75. The molecule has 3 aromatic rings. The van der Waals surface area contributed by atoms with Gasteiger partial charge in [0.1, 0.15) is 11.4 Å². The molecule has 0 aliphatic heterocycles. The molecule has 3 rings (SSSR count). The number of rotatable bonds is 8. The Hall–Kier alpha value is -0.861. The fraction of sp³-hybridized carbons (Fsp3) is 0. The molecule has 0 aliphatic carbocycles. The largest absolute Gasteiger partial charge is 1.00 e. The van der Waals surface area contributed by atoms with E-state index in [2.05, 4.69) is 20.5 Å². The molecule has 0 fully saturated rings. The van der Waals surface area contributed by atoms with E-state index in [4.69, 9.17) is 5.73 Å². The minimum Gasteiger partial charge on any atom is -0.504 e. The molecule has 0 atom stereocenters. The molecule has 14 nitrogen and oxygen atoms in total. The van der Waals surface area contributed by atoms with Crippen molar-refractivity contribution < 1.29 is 147 Å². The van der Waals surface area contributed by atoms with Gasteiger partial charge in [-0.15, -0.1) is 17.7 Å². The van der Waals surface area contributed by atoms with Gasteiger partial charge in [0.2, 0.25) is 0 Å². The number of hydrogen-bond donors (Lipinski definition) is 5. The van der Waals surface area contributed by atoms with Gasteiger partial charge in [0.25, 0.3) is 20.2 Å². The smallest absolute Gasteiger partial charge is 0.504 e. The first-order valence-electron chi connectivity index (χ1n) is 9.48. The molecule has 0 bridgehead atoms. The van der Waals surface area contributed by atoms with Gasteiger partial charge in [-0.3, -0.25) is 9.11 Å². The van der Waals surface area contributed by atoms with Crippen LogP contribution >= 0.6 is 0 Å². The number of nitrogens with zero attached hydrogens (tertiary/aromatic N) is 4. The topological polar surface area (TPSA) is 242 Å². The van der Waals surface area contributed by atoms with Crippen LogP contribution in [0.4, 0.5) is 17.1 Å². The number of nitrogen functional groups attached to an aromatic ring is 1. The standard InChI is InChI=1S/C20H16N5O9S2.Cu.3Na/c21-15-8-13(36(32,33)34)10-17(18(15)26)23-25-19(11-4-2-1-3-5-11)24-22-16-9-12(35(29,30)31)6-7-14(16)20(27)28;;;;/h1-10,26H,21H2,(H,27,28)(H,29,30,31)(H,32,33,34);;;;/q-1;;3*+1. The number of benzene rings is 3. The van der Waals surface area contributed by atoms with E-state index in [9.17, 15) is 40.9 Å². The summed E-state index contributed by atoms with van der Waals surface area (Å²) in [6.07, 6.45) is -0.278. The van der Waals surface area contributed by atoms with Crippen molar-refractivity contribution in [1.82, 2.24) is 0 Å². The Balaban J connectivity index is 0. The Kier molecular flexibility index (Phi) is 17.9. The minimum absolute atomic E-state index is 0. The normalized spacial score (nSPS) is 11.1. The Morgan fingerprint density at radius 2 is 1.27 bits per heavy atom. The van der Waals surface area contributed by atoms with E-state index in [1.165, 1.54) is 12.1 Å². The summed E-state index contributed by atoms with van der Waals surface area (Å²) in [6, 6.07) is 12.0. The zero-order valence-corrected chi connectivity index (χ0v) is 29.7. The first kappa shape index (κ1) is 41.3. The average Bonchev–Trinajstić information content (AvgIpc) is 2.80. The van der Waals surface area contributed by atoms with Crippen LogP contribution in [0.5, 0.6) is 5.75 Å². The zero-order valence-electron chi connectivity index (χ0n) is 21.1. The van der Waals surface area contributed by atoms with E-state index < -0.39 is 64.4 Å².